The van der Waals surface area contributed by atoms with Crippen LogP contribution < -0.4 is 11.2 Å². The van der Waals surface area contributed by atoms with Gasteiger partial charge in [0.05, 0.1) is 19.3 Å². The lowest BCUT2D eigenvalue weighted by atomic mass is 10.0. The van der Waals surface area contributed by atoms with Crippen molar-refractivity contribution >= 4 is 11.7 Å². The molecule has 1 aliphatic heterocycles. The fourth-order valence-corrected chi connectivity index (χ4v) is 2.27. The summed E-state index contributed by atoms with van der Waals surface area (Å²) in [6.45, 7) is -0.476. The molecule has 11 heteroatoms. The number of rotatable bonds is 7. The SMILES string of the molecule is NC(=NC(O)OCc1ccccc1)C(=O)NOC1C[C@@H](O)[C@H](O)[C@@H](CO)O1. The molecule has 1 aliphatic rings. The van der Waals surface area contributed by atoms with Gasteiger partial charge < -0.3 is 35.6 Å². The van der Waals surface area contributed by atoms with Crippen molar-refractivity contribution in [3.8, 4) is 0 Å². The molecule has 1 fully saturated rings. The number of carbonyl (C=O) groups is 1. The van der Waals surface area contributed by atoms with Crippen molar-refractivity contribution in [2.45, 2.75) is 44.0 Å². The van der Waals surface area contributed by atoms with Crippen molar-refractivity contribution < 1.29 is 39.5 Å². The van der Waals surface area contributed by atoms with Crippen molar-refractivity contribution in [3.63, 3.8) is 0 Å². The van der Waals surface area contributed by atoms with E-state index in [9.17, 15) is 20.1 Å². The molecule has 1 heterocycles. The van der Waals surface area contributed by atoms with Gasteiger partial charge >= 0.3 is 5.91 Å². The number of aliphatic hydroxyl groups is 4. The minimum atomic E-state index is -1.65. The lowest BCUT2D eigenvalue weighted by Gasteiger charge is -2.35. The number of hydroxylamine groups is 1. The zero-order valence-electron chi connectivity index (χ0n) is 14.3. The fourth-order valence-electron chi connectivity index (χ4n) is 2.27. The average molecular weight is 385 g/mol. The van der Waals surface area contributed by atoms with Gasteiger partial charge in [-0.25, -0.2) is 15.3 Å². The van der Waals surface area contributed by atoms with Gasteiger partial charge in [0.1, 0.15) is 12.2 Å². The zero-order chi connectivity index (χ0) is 19.8. The maximum atomic E-state index is 11.8. The van der Waals surface area contributed by atoms with Crippen molar-refractivity contribution in [3.05, 3.63) is 35.9 Å². The smallest absolute Gasteiger partial charge is 0.309 e. The van der Waals surface area contributed by atoms with E-state index < -0.39 is 49.4 Å². The molecule has 1 amide bonds. The molecule has 1 saturated heterocycles. The van der Waals surface area contributed by atoms with Crippen molar-refractivity contribution in [1.29, 1.82) is 0 Å². The van der Waals surface area contributed by atoms with Crippen molar-refractivity contribution in [1.82, 2.24) is 5.48 Å². The Hall–Kier alpha value is -2.12. The first-order chi connectivity index (χ1) is 12.9. The van der Waals surface area contributed by atoms with Gasteiger partial charge in [-0.3, -0.25) is 4.79 Å². The van der Waals surface area contributed by atoms with Gasteiger partial charge in [0.2, 0.25) is 0 Å². The van der Waals surface area contributed by atoms with Crippen molar-refractivity contribution in [2.75, 3.05) is 6.61 Å². The van der Waals surface area contributed by atoms with E-state index in [0.717, 1.165) is 5.56 Å². The first-order valence-corrected chi connectivity index (χ1v) is 8.16. The summed E-state index contributed by atoms with van der Waals surface area (Å²) in [5, 5.41) is 38.0. The van der Waals surface area contributed by atoms with E-state index in [4.69, 9.17) is 25.2 Å². The summed E-state index contributed by atoms with van der Waals surface area (Å²) in [5.74, 6) is -1.58. The zero-order valence-corrected chi connectivity index (χ0v) is 14.3. The summed E-state index contributed by atoms with van der Waals surface area (Å²) in [5.41, 5.74) is 8.20. The number of ether oxygens (including phenoxy) is 2. The molecule has 11 nitrogen and oxygen atoms in total. The van der Waals surface area contributed by atoms with E-state index in [0.29, 0.717) is 0 Å². The molecule has 150 valence electrons. The predicted octanol–water partition coefficient (Wildman–Crippen LogP) is -2.29. The van der Waals surface area contributed by atoms with E-state index in [2.05, 4.69) is 4.99 Å². The molecule has 0 spiro atoms. The molecule has 0 aliphatic carbocycles. The van der Waals surface area contributed by atoms with Crippen LogP contribution in [0.5, 0.6) is 0 Å². The van der Waals surface area contributed by atoms with Crippen LogP contribution in [0, 0.1) is 0 Å². The number of nitrogens with zero attached hydrogens (tertiary/aromatic N) is 1. The highest BCUT2D eigenvalue weighted by Crippen LogP contribution is 2.20. The van der Waals surface area contributed by atoms with Crippen LogP contribution in [0.3, 0.4) is 0 Å². The lowest BCUT2D eigenvalue weighted by Crippen LogP contribution is -2.52. The van der Waals surface area contributed by atoms with Gasteiger partial charge in [-0.1, -0.05) is 30.3 Å². The van der Waals surface area contributed by atoms with Gasteiger partial charge in [-0.15, -0.1) is 0 Å². The van der Waals surface area contributed by atoms with E-state index in [1.165, 1.54) is 0 Å². The van der Waals surface area contributed by atoms with Gasteiger partial charge in [0.15, 0.2) is 12.1 Å². The standard InChI is InChI=1S/C16H23N3O8/c17-14(18-16(24)25-8-9-4-2-1-3-5-9)15(23)19-27-12-6-10(21)13(22)11(7-20)26-12/h1-5,10-13,16,20-22,24H,6-8H2,(H2,17,18)(H,19,23)/t10-,11-,12?,13+,16?/m1/s1. The summed E-state index contributed by atoms with van der Waals surface area (Å²) in [6, 6.07) is 9.01. The Balaban J connectivity index is 1.78. The topological polar surface area (TPSA) is 176 Å². The van der Waals surface area contributed by atoms with E-state index in [1.807, 2.05) is 11.5 Å². The maximum Gasteiger partial charge on any atom is 0.309 e. The second-order valence-corrected chi connectivity index (χ2v) is 5.77. The number of carbonyl (C=O) groups excluding carboxylic acids is 1. The number of hydrogen-bond acceptors (Lipinski definition) is 9. The molecular weight excluding hydrogens is 362 g/mol. The Kier molecular flexibility index (Phi) is 8.06. The summed E-state index contributed by atoms with van der Waals surface area (Å²) in [4.78, 5) is 20.2. The minimum absolute atomic E-state index is 0.0651. The van der Waals surface area contributed by atoms with E-state index >= 15 is 0 Å². The van der Waals surface area contributed by atoms with Gasteiger partial charge in [-0.05, 0) is 5.56 Å². The number of aliphatic imine (C=N–C) groups is 1. The minimum Gasteiger partial charge on any atom is -0.394 e. The highest BCUT2D eigenvalue weighted by molar-refractivity contribution is 6.36. The summed E-state index contributed by atoms with van der Waals surface area (Å²) >= 11 is 0. The molecule has 2 unspecified atom stereocenters. The van der Waals surface area contributed by atoms with Crippen LogP contribution in [0.2, 0.25) is 0 Å². The normalized spacial score (nSPS) is 27.2. The number of hydrogen-bond donors (Lipinski definition) is 6. The molecule has 1 aromatic rings. The fraction of sp³-hybridized carbons (Fsp3) is 0.500. The molecule has 1 aromatic carbocycles. The summed E-state index contributed by atoms with van der Waals surface area (Å²) < 4.78 is 10.2. The lowest BCUT2D eigenvalue weighted by molar-refractivity contribution is -0.271. The Morgan fingerprint density at radius 2 is 2.07 bits per heavy atom. The Bertz CT molecular complexity index is 629. The molecule has 0 aromatic heterocycles. The third-order valence-corrected chi connectivity index (χ3v) is 3.72. The summed E-state index contributed by atoms with van der Waals surface area (Å²) in [7, 11) is 0. The number of nitrogens with one attached hydrogen (secondary N) is 1. The van der Waals surface area contributed by atoms with Gasteiger partial charge in [0, 0.05) is 6.42 Å². The highest BCUT2D eigenvalue weighted by atomic mass is 16.8. The molecule has 0 saturated carbocycles. The van der Waals surface area contributed by atoms with Gasteiger partial charge in [-0.2, -0.15) is 0 Å². The second kappa shape index (κ2) is 10.3. The third kappa shape index (κ3) is 6.52. The predicted molar refractivity (Wildman–Crippen MR) is 90.5 cm³/mol. The van der Waals surface area contributed by atoms with Crippen LogP contribution >= 0.6 is 0 Å². The Morgan fingerprint density at radius 1 is 1.37 bits per heavy atom. The summed E-state index contributed by atoms with van der Waals surface area (Å²) in [6.07, 6.45) is -6.44. The number of aliphatic hydroxyl groups excluding tert-OH is 4. The third-order valence-electron chi connectivity index (χ3n) is 3.72. The van der Waals surface area contributed by atoms with Crippen LogP contribution in [0.4, 0.5) is 0 Å². The van der Waals surface area contributed by atoms with Crippen LogP contribution in [-0.2, 0) is 25.7 Å². The quantitative estimate of drug-likeness (QED) is 0.131. The van der Waals surface area contributed by atoms with E-state index in [-0.39, 0.29) is 13.0 Å². The molecule has 2 rings (SSSR count). The second-order valence-electron chi connectivity index (χ2n) is 5.77. The number of nitrogens with two attached hydrogens (primary N) is 1. The average Bonchev–Trinajstić information content (AvgIpc) is 2.67. The van der Waals surface area contributed by atoms with Crippen LogP contribution in [0.1, 0.15) is 12.0 Å². The molecule has 27 heavy (non-hydrogen) atoms. The van der Waals surface area contributed by atoms with Crippen molar-refractivity contribution in [2.24, 2.45) is 10.7 Å². The molecule has 0 bridgehead atoms. The molecule has 5 atom stereocenters. The Labute approximate surface area is 154 Å². The molecular formula is C16H23N3O8. The first-order valence-electron chi connectivity index (χ1n) is 8.16. The number of amidine groups is 1. The highest BCUT2D eigenvalue weighted by Gasteiger charge is 2.37. The Morgan fingerprint density at radius 3 is 2.74 bits per heavy atom. The molecule has 7 N–H and O–H groups in total. The van der Waals surface area contributed by atoms with E-state index in [1.54, 1.807) is 24.3 Å². The van der Waals surface area contributed by atoms with Crippen LogP contribution in [0.25, 0.3) is 0 Å². The first kappa shape index (κ1) is 21.2. The number of amides is 1. The van der Waals surface area contributed by atoms with Crippen LogP contribution in [0.15, 0.2) is 35.3 Å². The number of benzene rings is 1. The van der Waals surface area contributed by atoms with Crippen LogP contribution in [-0.4, -0.2) is 69.8 Å². The largest absolute Gasteiger partial charge is 0.394 e. The molecule has 0 radical (unpaired) electrons. The maximum absolute atomic E-state index is 11.8. The monoisotopic (exact) mass is 385 g/mol. The van der Waals surface area contributed by atoms with Gasteiger partial charge in [0.25, 0.3) is 6.41 Å².